The summed E-state index contributed by atoms with van der Waals surface area (Å²) in [5, 5.41) is 9.01. The molecule has 0 spiro atoms. The maximum atomic E-state index is 13.7. The zero-order valence-electron chi connectivity index (χ0n) is 12.4. The van der Waals surface area contributed by atoms with Crippen molar-refractivity contribution in [3.05, 3.63) is 34.6 Å². The summed E-state index contributed by atoms with van der Waals surface area (Å²) in [6.45, 7) is 1.88. The Balaban J connectivity index is 1.82. The molecule has 0 bridgehead atoms. The van der Waals surface area contributed by atoms with Gasteiger partial charge in [-0.2, -0.15) is 0 Å². The fraction of sp³-hybridized carbons (Fsp3) is 0.562. The van der Waals surface area contributed by atoms with Crippen LogP contribution in [0.15, 0.2) is 18.2 Å². The number of aliphatic hydroxyl groups is 1. The number of nitrogens with zero attached hydrogens (tertiary/aromatic N) is 1. The summed E-state index contributed by atoms with van der Waals surface area (Å²) < 4.78 is 19.3. The van der Waals surface area contributed by atoms with Crippen LogP contribution in [0.3, 0.4) is 0 Å². The Morgan fingerprint density at radius 2 is 2.14 bits per heavy atom. The van der Waals surface area contributed by atoms with E-state index in [1.165, 1.54) is 12.1 Å². The third-order valence-electron chi connectivity index (χ3n) is 3.84. The molecule has 1 aromatic rings. The molecule has 1 heterocycles. The first-order valence-electron chi connectivity index (χ1n) is 7.55. The van der Waals surface area contributed by atoms with Crippen molar-refractivity contribution in [1.82, 2.24) is 4.90 Å². The highest BCUT2D eigenvalue weighted by Gasteiger charge is 2.24. The molecule has 4 nitrogen and oxygen atoms in total. The van der Waals surface area contributed by atoms with Crippen LogP contribution in [0.5, 0.6) is 0 Å². The molecule has 0 saturated carbocycles. The van der Waals surface area contributed by atoms with Crippen LogP contribution in [-0.4, -0.2) is 48.3 Å². The normalized spacial score (nSPS) is 16.0. The van der Waals surface area contributed by atoms with Gasteiger partial charge in [-0.1, -0.05) is 17.7 Å². The van der Waals surface area contributed by atoms with Crippen molar-refractivity contribution in [3.63, 3.8) is 0 Å². The lowest BCUT2D eigenvalue weighted by Crippen LogP contribution is -2.41. The fourth-order valence-electron chi connectivity index (χ4n) is 2.55. The number of halogens is 2. The molecule has 0 aromatic heterocycles. The molecule has 1 aliphatic rings. The predicted molar refractivity (Wildman–Crippen MR) is 82.4 cm³/mol. The van der Waals surface area contributed by atoms with Crippen LogP contribution in [-0.2, 0) is 16.0 Å². The minimum atomic E-state index is -0.442. The minimum absolute atomic E-state index is 0.0124. The molecule has 2 rings (SSSR count). The summed E-state index contributed by atoms with van der Waals surface area (Å²) in [4.78, 5) is 14.0. The summed E-state index contributed by atoms with van der Waals surface area (Å²) in [6.07, 6.45) is 2.28. The van der Waals surface area contributed by atoms with E-state index in [1.807, 2.05) is 0 Å². The van der Waals surface area contributed by atoms with Gasteiger partial charge in [0.15, 0.2) is 0 Å². The molecule has 1 amide bonds. The van der Waals surface area contributed by atoms with E-state index in [4.69, 9.17) is 21.4 Å². The van der Waals surface area contributed by atoms with Gasteiger partial charge in [-0.25, -0.2) is 4.39 Å². The molecule has 1 saturated heterocycles. The minimum Gasteiger partial charge on any atom is -0.396 e. The van der Waals surface area contributed by atoms with Gasteiger partial charge in [0.1, 0.15) is 5.82 Å². The van der Waals surface area contributed by atoms with Gasteiger partial charge in [0.25, 0.3) is 0 Å². The molecule has 6 heteroatoms. The zero-order valence-corrected chi connectivity index (χ0v) is 13.2. The first-order chi connectivity index (χ1) is 10.6. The van der Waals surface area contributed by atoms with Crippen LogP contribution >= 0.6 is 11.6 Å². The highest BCUT2D eigenvalue weighted by atomic mass is 35.5. The SMILES string of the molecule is O=C(Cc1c(F)cccc1Cl)N1CCC(OCCCO)CC1. The summed E-state index contributed by atoms with van der Waals surface area (Å²) in [5.41, 5.74) is 0.260. The maximum Gasteiger partial charge on any atom is 0.227 e. The fourth-order valence-corrected chi connectivity index (χ4v) is 2.78. The van der Waals surface area contributed by atoms with Gasteiger partial charge in [0.05, 0.1) is 12.5 Å². The average Bonchev–Trinajstić information content (AvgIpc) is 2.52. The van der Waals surface area contributed by atoms with Gasteiger partial charge in [-0.05, 0) is 31.4 Å². The van der Waals surface area contributed by atoms with E-state index in [0.717, 1.165) is 12.8 Å². The first kappa shape index (κ1) is 17.2. The van der Waals surface area contributed by atoms with E-state index in [2.05, 4.69) is 0 Å². The number of carbonyl (C=O) groups is 1. The number of benzene rings is 1. The van der Waals surface area contributed by atoms with E-state index < -0.39 is 5.82 Å². The zero-order chi connectivity index (χ0) is 15.9. The van der Waals surface area contributed by atoms with E-state index in [9.17, 15) is 9.18 Å². The molecule has 1 aliphatic heterocycles. The smallest absolute Gasteiger partial charge is 0.227 e. The summed E-state index contributed by atoms with van der Waals surface area (Å²) >= 11 is 5.96. The van der Waals surface area contributed by atoms with Crippen molar-refractivity contribution in [1.29, 1.82) is 0 Å². The second-order valence-electron chi connectivity index (χ2n) is 5.41. The van der Waals surface area contributed by atoms with E-state index in [1.54, 1.807) is 11.0 Å². The van der Waals surface area contributed by atoms with Crippen LogP contribution in [0.1, 0.15) is 24.8 Å². The number of rotatable bonds is 6. The molecular formula is C16H21ClFNO3. The number of hydrogen-bond acceptors (Lipinski definition) is 3. The summed E-state index contributed by atoms with van der Waals surface area (Å²) in [6, 6.07) is 4.44. The Hall–Kier alpha value is -1.17. The summed E-state index contributed by atoms with van der Waals surface area (Å²) in [7, 11) is 0. The van der Waals surface area contributed by atoms with Crippen molar-refractivity contribution in [3.8, 4) is 0 Å². The molecular weight excluding hydrogens is 309 g/mol. The Bertz CT molecular complexity index is 484. The summed E-state index contributed by atoms with van der Waals surface area (Å²) in [5.74, 6) is -0.552. The second kappa shape index (κ2) is 8.46. The lowest BCUT2D eigenvalue weighted by atomic mass is 10.1. The number of aliphatic hydroxyl groups excluding tert-OH is 1. The number of amides is 1. The molecule has 1 aromatic carbocycles. The molecule has 0 radical (unpaired) electrons. The molecule has 22 heavy (non-hydrogen) atoms. The quantitative estimate of drug-likeness (QED) is 0.815. The number of ether oxygens (including phenoxy) is 1. The Morgan fingerprint density at radius 3 is 2.77 bits per heavy atom. The number of carbonyl (C=O) groups excluding carboxylic acids is 1. The van der Waals surface area contributed by atoms with Crippen LogP contribution < -0.4 is 0 Å². The molecule has 1 N–H and O–H groups in total. The second-order valence-corrected chi connectivity index (χ2v) is 5.81. The molecule has 0 aliphatic carbocycles. The van der Waals surface area contributed by atoms with Crippen molar-refractivity contribution in [2.75, 3.05) is 26.3 Å². The van der Waals surface area contributed by atoms with Crippen molar-refractivity contribution < 1.29 is 19.0 Å². The van der Waals surface area contributed by atoms with Crippen molar-refractivity contribution >= 4 is 17.5 Å². The molecule has 0 unspecified atom stereocenters. The number of hydrogen-bond donors (Lipinski definition) is 1. The topological polar surface area (TPSA) is 49.8 Å². The third kappa shape index (κ3) is 4.66. The van der Waals surface area contributed by atoms with Crippen LogP contribution in [0.4, 0.5) is 4.39 Å². The van der Waals surface area contributed by atoms with Crippen LogP contribution in [0.2, 0.25) is 5.02 Å². The maximum absolute atomic E-state index is 13.7. The first-order valence-corrected chi connectivity index (χ1v) is 7.92. The highest BCUT2D eigenvalue weighted by Crippen LogP contribution is 2.21. The van der Waals surface area contributed by atoms with Crippen molar-refractivity contribution in [2.24, 2.45) is 0 Å². The van der Waals surface area contributed by atoms with Gasteiger partial charge in [0.2, 0.25) is 5.91 Å². The molecule has 1 fully saturated rings. The van der Waals surface area contributed by atoms with Gasteiger partial charge in [-0.3, -0.25) is 4.79 Å². The standard InChI is InChI=1S/C16H21ClFNO3/c17-14-3-1-4-15(18)13(14)11-16(21)19-7-5-12(6-8-19)22-10-2-9-20/h1,3-4,12,20H,2,5-11H2. The Morgan fingerprint density at radius 1 is 1.41 bits per heavy atom. The van der Waals surface area contributed by atoms with E-state index in [0.29, 0.717) is 26.1 Å². The molecule has 0 atom stereocenters. The number of piperidine rings is 1. The molecule has 122 valence electrons. The third-order valence-corrected chi connectivity index (χ3v) is 4.19. The lowest BCUT2D eigenvalue weighted by molar-refractivity contribution is -0.133. The average molecular weight is 330 g/mol. The van der Waals surface area contributed by atoms with E-state index >= 15 is 0 Å². The van der Waals surface area contributed by atoms with Gasteiger partial charge < -0.3 is 14.7 Å². The predicted octanol–water partition coefficient (Wildman–Crippen LogP) is 2.41. The van der Waals surface area contributed by atoms with Gasteiger partial charge in [0, 0.05) is 36.9 Å². The van der Waals surface area contributed by atoms with Crippen LogP contribution in [0.25, 0.3) is 0 Å². The lowest BCUT2D eigenvalue weighted by Gasteiger charge is -2.32. The van der Waals surface area contributed by atoms with Gasteiger partial charge >= 0.3 is 0 Å². The number of likely N-dealkylation sites (tertiary alicyclic amines) is 1. The Kier molecular flexibility index (Phi) is 6.61. The van der Waals surface area contributed by atoms with Crippen molar-refractivity contribution in [2.45, 2.75) is 31.8 Å². The Labute approximate surface area is 134 Å². The van der Waals surface area contributed by atoms with E-state index in [-0.39, 0.29) is 35.6 Å². The monoisotopic (exact) mass is 329 g/mol. The van der Waals surface area contributed by atoms with Crippen LogP contribution in [0, 0.1) is 5.82 Å². The largest absolute Gasteiger partial charge is 0.396 e. The highest BCUT2D eigenvalue weighted by molar-refractivity contribution is 6.31. The van der Waals surface area contributed by atoms with Gasteiger partial charge in [-0.15, -0.1) is 0 Å².